The van der Waals surface area contributed by atoms with Crippen LogP contribution in [0.1, 0.15) is 19.4 Å². The van der Waals surface area contributed by atoms with Gasteiger partial charge in [0.2, 0.25) is 0 Å². The summed E-state index contributed by atoms with van der Waals surface area (Å²) in [5.74, 6) is -1.26. The first kappa shape index (κ1) is 16.4. The number of benzene rings is 2. The molecule has 0 aliphatic heterocycles. The molecule has 0 saturated carbocycles. The van der Waals surface area contributed by atoms with Gasteiger partial charge in [-0.1, -0.05) is 26.0 Å². The summed E-state index contributed by atoms with van der Waals surface area (Å²) >= 11 is 0. The van der Waals surface area contributed by atoms with Crippen LogP contribution < -0.4 is 4.72 Å². The van der Waals surface area contributed by atoms with E-state index in [0.717, 1.165) is 24.1 Å². The molecule has 2 aromatic rings. The topological polar surface area (TPSA) is 46.2 Å². The predicted octanol–water partition coefficient (Wildman–Crippen LogP) is 3.96. The predicted molar refractivity (Wildman–Crippen MR) is 82.2 cm³/mol. The van der Waals surface area contributed by atoms with Gasteiger partial charge in [0.05, 0.1) is 10.6 Å². The third-order valence-corrected chi connectivity index (χ3v) is 4.43. The van der Waals surface area contributed by atoms with E-state index in [4.69, 9.17) is 0 Å². The average Bonchev–Trinajstić information content (AvgIpc) is 2.42. The summed E-state index contributed by atoms with van der Waals surface area (Å²) in [4.78, 5) is 0.0312. The van der Waals surface area contributed by atoms with Crippen LogP contribution in [0.2, 0.25) is 0 Å². The number of anilines is 1. The van der Waals surface area contributed by atoms with Gasteiger partial charge in [0.25, 0.3) is 10.0 Å². The van der Waals surface area contributed by atoms with Gasteiger partial charge in [-0.05, 0) is 42.2 Å². The SMILES string of the molecule is CC(C)Cc1ccc(S(=O)(=O)Nc2ccc(F)cc2F)cc1. The van der Waals surface area contributed by atoms with Gasteiger partial charge in [0.15, 0.2) is 0 Å². The molecular formula is C16H17F2NO2S. The summed E-state index contributed by atoms with van der Waals surface area (Å²) in [5.41, 5.74) is 0.745. The lowest BCUT2D eigenvalue weighted by Crippen LogP contribution is -2.14. The Balaban J connectivity index is 2.23. The fourth-order valence-electron chi connectivity index (χ4n) is 2.05. The molecular weight excluding hydrogens is 308 g/mol. The molecule has 0 aliphatic carbocycles. The highest BCUT2D eigenvalue weighted by Crippen LogP contribution is 2.20. The third-order valence-electron chi connectivity index (χ3n) is 3.05. The second-order valence-electron chi connectivity index (χ2n) is 5.47. The second kappa shape index (κ2) is 6.44. The van der Waals surface area contributed by atoms with E-state index < -0.39 is 21.7 Å². The Labute approximate surface area is 129 Å². The van der Waals surface area contributed by atoms with E-state index in [0.29, 0.717) is 12.0 Å². The highest BCUT2D eigenvalue weighted by Gasteiger charge is 2.16. The van der Waals surface area contributed by atoms with E-state index in [2.05, 4.69) is 18.6 Å². The van der Waals surface area contributed by atoms with Crippen LogP contribution in [0.15, 0.2) is 47.4 Å². The molecule has 22 heavy (non-hydrogen) atoms. The smallest absolute Gasteiger partial charge is 0.261 e. The molecule has 0 aliphatic rings. The summed E-state index contributed by atoms with van der Waals surface area (Å²) in [6.45, 7) is 4.15. The molecule has 0 fully saturated rings. The van der Waals surface area contributed by atoms with Crippen molar-refractivity contribution in [3.63, 3.8) is 0 Å². The lowest BCUT2D eigenvalue weighted by atomic mass is 10.0. The largest absolute Gasteiger partial charge is 0.277 e. The molecule has 0 heterocycles. The molecule has 0 amide bonds. The number of hydrogen-bond donors (Lipinski definition) is 1. The Morgan fingerprint density at radius 2 is 1.68 bits per heavy atom. The minimum Gasteiger partial charge on any atom is -0.277 e. The van der Waals surface area contributed by atoms with Crippen molar-refractivity contribution in [1.29, 1.82) is 0 Å². The van der Waals surface area contributed by atoms with Crippen molar-refractivity contribution in [1.82, 2.24) is 0 Å². The first-order chi connectivity index (χ1) is 10.3. The minimum absolute atomic E-state index is 0.0312. The summed E-state index contributed by atoms with van der Waals surface area (Å²) in [6, 6.07) is 9.08. The Bertz CT molecular complexity index is 756. The lowest BCUT2D eigenvalue weighted by molar-refractivity contribution is 0.582. The van der Waals surface area contributed by atoms with Crippen molar-refractivity contribution in [3.8, 4) is 0 Å². The standard InChI is InChI=1S/C16H17F2NO2S/c1-11(2)9-12-3-6-14(7-4-12)22(20,21)19-16-8-5-13(17)10-15(16)18/h3-8,10-11,19H,9H2,1-2H3. The first-order valence-electron chi connectivity index (χ1n) is 6.85. The highest BCUT2D eigenvalue weighted by atomic mass is 32.2. The maximum atomic E-state index is 13.5. The molecule has 2 rings (SSSR count). The van der Waals surface area contributed by atoms with Crippen LogP contribution in [0.25, 0.3) is 0 Å². The average molecular weight is 325 g/mol. The zero-order valence-corrected chi connectivity index (χ0v) is 13.1. The highest BCUT2D eigenvalue weighted by molar-refractivity contribution is 7.92. The molecule has 0 saturated heterocycles. The zero-order valence-electron chi connectivity index (χ0n) is 12.3. The molecule has 6 heteroatoms. The zero-order chi connectivity index (χ0) is 16.3. The summed E-state index contributed by atoms with van der Waals surface area (Å²) in [6.07, 6.45) is 0.848. The fourth-order valence-corrected chi connectivity index (χ4v) is 3.12. The lowest BCUT2D eigenvalue weighted by Gasteiger charge is -2.10. The molecule has 0 aromatic heterocycles. The van der Waals surface area contributed by atoms with Crippen LogP contribution in [-0.2, 0) is 16.4 Å². The van der Waals surface area contributed by atoms with Crippen LogP contribution in [0, 0.1) is 17.6 Å². The van der Waals surface area contributed by atoms with Gasteiger partial charge in [-0.15, -0.1) is 0 Å². The van der Waals surface area contributed by atoms with Gasteiger partial charge in [-0.25, -0.2) is 17.2 Å². The molecule has 1 N–H and O–H groups in total. The van der Waals surface area contributed by atoms with Crippen LogP contribution in [0.4, 0.5) is 14.5 Å². The number of nitrogens with one attached hydrogen (secondary N) is 1. The van der Waals surface area contributed by atoms with E-state index in [1.54, 1.807) is 12.1 Å². The molecule has 0 radical (unpaired) electrons. The Kier molecular flexibility index (Phi) is 4.81. The van der Waals surface area contributed by atoms with Crippen molar-refractivity contribution in [2.45, 2.75) is 25.2 Å². The fraction of sp³-hybridized carbons (Fsp3) is 0.250. The Morgan fingerprint density at radius 3 is 2.23 bits per heavy atom. The molecule has 3 nitrogen and oxygen atoms in total. The number of rotatable bonds is 5. The van der Waals surface area contributed by atoms with E-state index in [-0.39, 0.29) is 10.6 Å². The summed E-state index contributed by atoms with van der Waals surface area (Å²) in [7, 11) is -3.91. The summed E-state index contributed by atoms with van der Waals surface area (Å²) < 4.78 is 52.9. The Hall–Kier alpha value is -1.95. The van der Waals surface area contributed by atoms with Gasteiger partial charge < -0.3 is 0 Å². The number of hydrogen-bond acceptors (Lipinski definition) is 2. The van der Waals surface area contributed by atoms with Crippen molar-refractivity contribution in [2.24, 2.45) is 5.92 Å². The van der Waals surface area contributed by atoms with Gasteiger partial charge in [-0.3, -0.25) is 4.72 Å². The molecule has 118 valence electrons. The number of halogens is 2. The first-order valence-corrected chi connectivity index (χ1v) is 8.33. The van der Waals surface area contributed by atoms with Gasteiger partial charge >= 0.3 is 0 Å². The van der Waals surface area contributed by atoms with Crippen LogP contribution in [-0.4, -0.2) is 8.42 Å². The van der Waals surface area contributed by atoms with Gasteiger partial charge in [0.1, 0.15) is 11.6 Å². The minimum atomic E-state index is -3.91. The maximum absolute atomic E-state index is 13.5. The molecule has 0 bridgehead atoms. The Morgan fingerprint density at radius 1 is 1.05 bits per heavy atom. The van der Waals surface area contributed by atoms with E-state index >= 15 is 0 Å². The van der Waals surface area contributed by atoms with Crippen LogP contribution in [0.3, 0.4) is 0 Å². The second-order valence-corrected chi connectivity index (χ2v) is 7.15. The summed E-state index contributed by atoms with van der Waals surface area (Å²) in [5, 5.41) is 0. The molecule has 0 unspecified atom stereocenters. The van der Waals surface area contributed by atoms with Gasteiger partial charge in [0, 0.05) is 6.07 Å². The maximum Gasteiger partial charge on any atom is 0.261 e. The quantitative estimate of drug-likeness (QED) is 0.904. The van der Waals surface area contributed by atoms with E-state index in [1.165, 1.54) is 12.1 Å². The van der Waals surface area contributed by atoms with Crippen LogP contribution in [0.5, 0.6) is 0 Å². The number of sulfonamides is 1. The van der Waals surface area contributed by atoms with E-state index in [9.17, 15) is 17.2 Å². The van der Waals surface area contributed by atoms with Crippen molar-refractivity contribution >= 4 is 15.7 Å². The van der Waals surface area contributed by atoms with Gasteiger partial charge in [-0.2, -0.15) is 0 Å². The normalized spacial score (nSPS) is 11.7. The van der Waals surface area contributed by atoms with Crippen LogP contribution >= 0.6 is 0 Å². The molecule has 0 spiro atoms. The monoisotopic (exact) mass is 325 g/mol. The van der Waals surface area contributed by atoms with Crippen molar-refractivity contribution in [2.75, 3.05) is 4.72 Å². The van der Waals surface area contributed by atoms with E-state index in [1.807, 2.05) is 0 Å². The van der Waals surface area contributed by atoms with Crippen molar-refractivity contribution in [3.05, 3.63) is 59.7 Å². The molecule has 0 atom stereocenters. The third kappa shape index (κ3) is 4.04. The van der Waals surface area contributed by atoms with Crippen molar-refractivity contribution < 1.29 is 17.2 Å². The molecule has 2 aromatic carbocycles.